The van der Waals surface area contributed by atoms with E-state index in [1.54, 1.807) is 0 Å². The molecule has 2 nitrogen and oxygen atoms in total. The van der Waals surface area contributed by atoms with E-state index in [4.69, 9.17) is 12.2 Å². The van der Waals surface area contributed by atoms with Gasteiger partial charge in [-0.2, -0.15) is 13.2 Å². The molecule has 0 bridgehead atoms. The molecular formula is C17H17F3N2S. The maximum Gasteiger partial charge on any atom is 0.416 e. The molecule has 6 heteroatoms. The number of nitrogens with one attached hydrogen (secondary N) is 2. The molecule has 0 saturated carbocycles. The summed E-state index contributed by atoms with van der Waals surface area (Å²) in [5.74, 6) is 0. The van der Waals surface area contributed by atoms with Gasteiger partial charge in [-0.3, -0.25) is 0 Å². The Kier molecular flexibility index (Phi) is 5.26. The van der Waals surface area contributed by atoms with Crippen LogP contribution in [0.5, 0.6) is 0 Å². The molecular weight excluding hydrogens is 321 g/mol. The molecule has 2 aromatic rings. The zero-order chi connectivity index (χ0) is 17.0. The molecule has 0 radical (unpaired) electrons. The maximum absolute atomic E-state index is 12.5. The number of benzene rings is 2. The Labute approximate surface area is 138 Å². The van der Waals surface area contributed by atoms with Gasteiger partial charge in [-0.05, 0) is 61.5 Å². The van der Waals surface area contributed by atoms with Crippen LogP contribution in [0.15, 0.2) is 48.5 Å². The lowest BCUT2D eigenvalue weighted by Crippen LogP contribution is -2.31. The molecule has 0 saturated heterocycles. The first-order valence-corrected chi connectivity index (χ1v) is 7.48. The van der Waals surface area contributed by atoms with Crippen LogP contribution in [0.2, 0.25) is 0 Å². The largest absolute Gasteiger partial charge is 0.416 e. The minimum absolute atomic E-state index is 0.00866. The molecule has 0 aliphatic carbocycles. The number of hydrogen-bond acceptors (Lipinski definition) is 1. The highest BCUT2D eigenvalue weighted by Gasteiger charge is 2.29. The highest BCUT2D eigenvalue weighted by molar-refractivity contribution is 7.80. The Balaban J connectivity index is 1.98. The number of halogens is 3. The number of rotatable bonds is 3. The highest BCUT2D eigenvalue weighted by Crippen LogP contribution is 2.29. The molecule has 0 aromatic heterocycles. The minimum atomic E-state index is -4.34. The molecule has 0 spiro atoms. The van der Waals surface area contributed by atoms with Gasteiger partial charge >= 0.3 is 6.18 Å². The molecule has 1 unspecified atom stereocenters. The van der Waals surface area contributed by atoms with Crippen molar-refractivity contribution in [2.24, 2.45) is 0 Å². The number of anilines is 1. The Bertz CT molecular complexity index is 681. The number of aryl methyl sites for hydroxylation is 1. The van der Waals surface area contributed by atoms with E-state index in [2.05, 4.69) is 10.6 Å². The summed E-state index contributed by atoms with van der Waals surface area (Å²) in [6.07, 6.45) is -4.34. The van der Waals surface area contributed by atoms with E-state index in [0.29, 0.717) is 10.8 Å². The lowest BCUT2D eigenvalue weighted by Gasteiger charge is -2.19. The van der Waals surface area contributed by atoms with Gasteiger partial charge in [-0.1, -0.05) is 24.3 Å². The van der Waals surface area contributed by atoms with Gasteiger partial charge < -0.3 is 10.6 Å². The first-order valence-electron chi connectivity index (χ1n) is 7.07. The van der Waals surface area contributed by atoms with Crippen molar-refractivity contribution >= 4 is 23.0 Å². The lowest BCUT2D eigenvalue weighted by atomic mass is 10.0. The van der Waals surface area contributed by atoms with Crippen molar-refractivity contribution in [2.75, 3.05) is 5.32 Å². The molecule has 0 heterocycles. The van der Waals surface area contributed by atoms with Crippen molar-refractivity contribution in [3.8, 4) is 0 Å². The van der Waals surface area contributed by atoms with E-state index in [-0.39, 0.29) is 6.04 Å². The Morgan fingerprint density at radius 1 is 1.04 bits per heavy atom. The quantitative estimate of drug-likeness (QED) is 0.765. The molecule has 23 heavy (non-hydrogen) atoms. The second kappa shape index (κ2) is 7.00. The summed E-state index contributed by atoms with van der Waals surface area (Å²) in [7, 11) is 0. The Morgan fingerprint density at radius 2 is 1.65 bits per heavy atom. The van der Waals surface area contributed by atoms with Gasteiger partial charge in [0, 0.05) is 5.69 Å². The summed E-state index contributed by atoms with van der Waals surface area (Å²) in [6.45, 7) is 3.99. The molecule has 0 aliphatic rings. The maximum atomic E-state index is 12.5. The molecule has 2 rings (SSSR count). The lowest BCUT2D eigenvalue weighted by molar-refractivity contribution is -0.137. The van der Waals surface area contributed by atoms with E-state index in [1.807, 2.05) is 38.1 Å². The SMILES string of the molecule is Cc1ccccc1C(C)NC(=S)Nc1ccc(C(F)(F)F)cc1. The standard InChI is InChI=1S/C17H17F3N2S/c1-11-5-3-4-6-15(11)12(2)21-16(23)22-14-9-7-13(8-10-14)17(18,19)20/h3-10,12H,1-2H3,(H2,21,22,23). The molecule has 0 aliphatic heterocycles. The van der Waals surface area contributed by atoms with Gasteiger partial charge in [-0.15, -0.1) is 0 Å². The van der Waals surface area contributed by atoms with Crippen molar-refractivity contribution in [3.05, 3.63) is 65.2 Å². The third-order valence-corrected chi connectivity index (χ3v) is 3.69. The van der Waals surface area contributed by atoms with Crippen molar-refractivity contribution in [1.82, 2.24) is 5.32 Å². The van der Waals surface area contributed by atoms with Gasteiger partial charge in [0.05, 0.1) is 11.6 Å². The zero-order valence-corrected chi connectivity index (χ0v) is 13.6. The van der Waals surface area contributed by atoms with Crippen LogP contribution in [-0.2, 0) is 6.18 Å². The molecule has 0 fully saturated rings. The molecule has 2 N–H and O–H groups in total. The first-order chi connectivity index (χ1) is 10.8. The average Bonchev–Trinajstić information content (AvgIpc) is 2.47. The summed E-state index contributed by atoms with van der Waals surface area (Å²) in [6, 6.07) is 12.7. The van der Waals surface area contributed by atoms with E-state index < -0.39 is 11.7 Å². The predicted octanol–water partition coefficient (Wildman–Crippen LogP) is 5.06. The number of thiocarbonyl (C=S) groups is 1. The third kappa shape index (κ3) is 4.69. The van der Waals surface area contributed by atoms with Crippen LogP contribution in [0.3, 0.4) is 0 Å². The fraction of sp³-hybridized carbons (Fsp3) is 0.235. The summed E-state index contributed by atoms with van der Waals surface area (Å²) in [5, 5.41) is 6.38. The van der Waals surface area contributed by atoms with E-state index in [1.165, 1.54) is 12.1 Å². The van der Waals surface area contributed by atoms with Crippen LogP contribution in [0, 0.1) is 6.92 Å². The van der Waals surface area contributed by atoms with Crippen molar-refractivity contribution < 1.29 is 13.2 Å². The topological polar surface area (TPSA) is 24.1 Å². The van der Waals surface area contributed by atoms with E-state index in [9.17, 15) is 13.2 Å². The Hall–Kier alpha value is -2.08. The fourth-order valence-electron chi connectivity index (χ4n) is 2.26. The van der Waals surface area contributed by atoms with Crippen LogP contribution >= 0.6 is 12.2 Å². The normalized spacial score (nSPS) is 12.6. The third-order valence-electron chi connectivity index (χ3n) is 3.47. The summed E-state index contributed by atoms with van der Waals surface area (Å²) in [4.78, 5) is 0. The van der Waals surface area contributed by atoms with Crippen LogP contribution < -0.4 is 10.6 Å². The van der Waals surface area contributed by atoms with Crippen LogP contribution in [-0.4, -0.2) is 5.11 Å². The summed E-state index contributed by atoms with van der Waals surface area (Å²) >= 11 is 5.22. The predicted molar refractivity (Wildman–Crippen MR) is 90.4 cm³/mol. The molecule has 2 aromatic carbocycles. The summed E-state index contributed by atoms with van der Waals surface area (Å²) < 4.78 is 37.6. The fourth-order valence-corrected chi connectivity index (χ4v) is 2.55. The van der Waals surface area contributed by atoms with E-state index >= 15 is 0 Å². The number of hydrogen-bond donors (Lipinski definition) is 2. The van der Waals surface area contributed by atoms with Gasteiger partial charge in [-0.25, -0.2) is 0 Å². The first kappa shape index (κ1) is 17.3. The highest BCUT2D eigenvalue weighted by atomic mass is 32.1. The van der Waals surface area contributed by atoms with E-state index in [0.717, 1.165) is 23.3 Å². The smallest absolute Gasteiger partial charge is 0.356 e. The minimum Gasteiger partial charge on any atom is -0.356 e. The van der Waals surface area contributed by atoms with Gasteiger partial charge in [0.15, 0.2) is 5.11 Å². The molecule has 1 atom stereocenters. The van der Waals surface area contributed by atoms with Crippen molar-refractivity contribution in [2.45, 2.75) is 26.1 Å². The average molecular weight is 338 g/mol. The second-order valence-corrected chi connectivity index (χ2v) is 5.66. The zero-order valence-electron chi connectivity index (χ0n) is 12.7. The van der Waals surface area contributed by atoms with Crippen LogP contribution in [0.4, 0.5) is 18.9 Å². The molecule has 0 amide bonds. The van der Waals surface area contributed by atoms with Crippen molar-refractivity contribution in [1.29, 1.82) is 0 Å². The monoisotopic (exact) mass is 338 g/mol. The molecule has 122 valence electrons. The van der Waals surface area contributed by atoms with Gasteiger partial charge in [0.1, 0.15) is 0 Å². The van der Waals surface area contributed by atoms with Crippen molar-refractivity contribution in [3.63, 3.8) is 0 Å². The van der Waals surface area contributed by atoms with Gasteiger partial charge in [0.25, 0.3) is 0 Å². The van der Waals surface area contributed by atoms with Gasteiger partial charge in [0.2, 0.25) is 0 Å². The van der Waals surface area contributed by atoms with Crippen LogP contribution in [0.25, 0.3) is 0 Å². The second-order valence-electron chi connectivity index (χ2n) is 5.25. The number of alkyl halides is 3. The van der Waals surface area contributed by atoms with Crippen LogP contribution in [0.1, 0.15) is 29.7 Å². The summed E-state index contributed by atoms with van der Waals surface area (Å²) in [5.41, 5.74) is 2.08. The Morgan fingerprint density at radius 3 is 2.22 bits per heavy atom.